The van der Waals surface area contributed by atoms with Crippen molar-refractivity contribution in [3.8, 4) is 0 Å². The van der Waals surface area contributed by atoms with E-state index in [1.807, 2.05) is 0 Å². The molecule has 488 valence electrons. The average molecular weight is 1160 g/mol. The molecule has 0 radical (unpaired) electrons. The normalized spacial score (nSPS) is 11.1. The third-order valence-electron chi connectivity index (χ3n) is 16.3. The van der Waals surface area contributed by atoms with Gasteiger partial charge in [-0.1, -0.05) is 367 Å². The maximum absolute atomic E-state index is 10.4. The fourth-order valence-corrected chi connectivity index (χ4v) is 10.4. The van der Waals surface area contributed by atoms with Gasteiger partial charge in [0.15, 0.2) is 0 Å². The average Bonchev–Trinajstić information content (AvgIpc) is 3.46. The van der Waals surface area contributed by atoms with Crippen LogP contribution in [0.5, 0.6) is 0 Å². The van der Waals surface area contributed by atoms with Crippen LogP contribution in [0.1, 0.15) is 406 Å². The SMILES string of the molecule is CCCCCCCCCCCCCCCCCCCCCC(=O)O.CCCCCCCCCCCCCCCCCCCCCC(=O)O.CCCCCCCCCCCCCCCCCCCCCC(=O)O.OCC(CO)(CO)CO. The van der Waals surface area contributed by atoms with E-state index in [2.05, 4.69) is 20.8 Å². The zero-order valence-corrected chi connectivity index (χ0v) is 54.6. The van der Waals surface area contributed by atoms with Crippen LogP contribution < -0.4 is 0 Å². The van der Waals surface area contributed by atoms with Crippen LogP contribution in [0.3, 0.4) is 0 Å². The molecule has 0 aromatic heterocycles. The van der Waals surface area contributed by atoms with Gasteiger partial charge in [0.1, 0.15) is 0 Å². The van der Waals surface area contributed by atoms with Crippen LogP contribution in [-0.4, -0.2) is 80.1 Å². The van der Waals surface area contributed by atoms with E-state index in [-0.39, 0.29) is 0 Å². The van der Waals surface area contributed by atoms with Crippen LogP contribution in [0, 0.1) is 5.41 Å². The predicted octanol–water partition coefficient (Wildman–Crippen LogP) is 21.6. The second-order valence-corrected chi connectivity index (χ2v) is 24.7. The molecule has 0 aromatic carbocycles. The Balaban J connectivity index is -0.000000509. The molecule has 0 bridgehead atoms. The van der Waals surface area contributed by atoms with Gasteiger partial charge in [-0.3, -0.25) is 14.4 Å². The highest BCUT2D eigenvalue weighted by Crippen LogP contribution is 2.19. The first-order chi connectivity index (χ1) is 39.6. The number of carboxylic acids is 3. The van der Waals surface area contributed by atoms with E-state index in [1.165, 1.54) is 327 Å². The minimum absolute atomic E-state index is 0.346. The fraction of sp³-hybridized carbons (Fsp3) is 0.958. The first-order valence-electron chi connectivity index (χ1n) is 35.6. The molecule has 81 heavy (non-hydrogen) atoms. The van der Waals surface area contributed by atoms with Gasteiger partial charge in [-0.15, -0.1) is 0 Å². The molecule has 10 heteroatoms. The lowest BCUT2D eigenvalue weighted by atomic mass is 9.93. The molecular weight excluding hydrogens is 1010 g/mol. The minimum atomic E-state index is -1.11. The second kappa shape index (κ2) is 78.2. The molecule has 0 amide bonds. The van der Waals surface area contributed by atoms with E-state index in [0.717, 1.165) is 38.5 Å². The number of aliphatic carboxylic acids is 3. The number of carbonyl (C=O) groups is 3. The standard InChI is InChI=1S/3C22H44O2.C5H12O4/c3*1-2-3-4-5-6-7-8-9-10-11-12-13-14-15-16-17-18-19-20-21-22(23)24;6-1-5(2-7,3-8)4-9/h3*2-21H2,1H3,(H,23,24);6-9H,1-4H2. The molecule has 0 saturated heterocycles. The van der Waals surface area contributed by atoms with E-state index < -0.39 is 49.8 Å². The summed E-state index contributed by atoms with van der Waals surface area (Å²) in [6.45, 7) is 5.22. The lowest BCUT2D eigenvalue weighted by Gasteiger charge is -2.23. The Morgan fingerprint density at radius 2 is 0.296 bits per heavy atom. The summed E-state index contributed by atoms with van der Waals surface area (Å²) in [5.74, 6) is -1.95. The molecule has 0 aliphatic carbocycles. The Hall–Kier alpha value is -1.75. The van der Waals surface area contributed by atoms with Crippen molar-refractivity contribution in [2.24, 2.45) is 5.41 Å². The van der Waals surface area contributed by atoms with Gasteiger partial charge in [-0.05, 0) is 19.3 Å². The van der Waals surface area contributed by atoms with Gasteiger partial charge in [0.25, 0.3) is 0 Å². The van der Waals surface area contributed by atoms with Gasteiger partial charge in [0, 0.05) is 19.3 Å². The summed E-state index contributed by atoms with van der Waals surface area (Å²) in [6, 6.07) is 0. The lowest BCUT2D eigenvalue weighted by Crippen LogP contribution is -2.37. The molecule has 0 aliphatic rings. The van der Waals surface area contributed by atoms with Crippen LogP contribution in [0.2, 0.25) is 0 Å². The maximum Gasteiger partial charge on any atom is 0.303 e. The lowest BCUT2D eigenvalue weighted by molar-refractivity contribution is -0.138. The molecule has 7 N–H and O–H groups in total. The van der Waals surface area contributed by atoms with Gasteiger partial charge in [-0.25, -0.2) is 0 Å². The van der Waals surface area contributed by atoms with Crippen molar-refractivity contribution in [2.75, 3.05) is 26.4 Å². The molecule has 0 fully saturated rings. The zero-order chi connectivity index (χ0) is 60.5. The van der Waals surface area contributed by atoms with Crippen molar-refractivity contribution in [3.63, 3.8) is 0 Å². The maximum atomic E-state index is 10.4. The number of hydrogen-bond acceptors (Lipinski definition) is 7. The first-order valence-corrected chi connectivity index (χ1v) is 35.6. The van der Waals surface area contributed by atoms with E-state index in [0.29, 0.717) is 19.3 Å². The first kappa shape index (κ1) is 85.7. The summed E-state index contributed by atoms with van der Waals surface area (Å²) in [5.41, 5.74) is -1.11. The van der Waals surface area contributed by atoms with Crippen molar-refractivity contribution in [3.05, 3.63) is 0 Å². The summed E-state index contributed by atoms with van der Waals surface area (Å²) < 4.78 is 0. The van der Waals surface area contributed by atoms with E-state index in [4.69, 9.17) is 35.7 Å². The molecule has 0 unspecified atom stereocenters. The van der Waals surface area contributed by atoms with Crippen LogP contribution in [0.4, 0.5) is 0 Å². The van der Waals surface area contributed by atoms with E-state index in [1.54, 1.807) is 0 Å². The Morgan fingerprint density at radius 3 is 0.370 bits per heavy atom. The van der Waals surface area contributed by atoms with Crippen LogP contribution in [0.25, 0.3) is 0 Å². The number of rotatable bonds is 64. The number of carboxylic acid groups (broad SMARTS) is 3. The highest BCUT2D eigenvalue weighted by molar-refractivity contribution is 5.67. The molecule has 0 aromatic rings. The number of hydrogen-bond donors (Lipinski definition) is 7. The summed E-state index contributed by atoms with van der Waals surface area (Å²) in [5, 5.41) is 59.7. The van der Waals surface area contributed by atoms with Crippen molar-refractivity contribution >= 4 is 17.9 Å². The zero-order valence-electron chi connectivity index (χ0n) is 54.6. The summed E-state index contributed by atoms with van der Waals surface area (Å²) in [7, 11) is 0. The smallest absolute Gasteiger partial charge is 0.303 e. The predicted molar refractivity (Wildman–Crippen MR) is 348 cm³/mol. The molecule has 0 saturated carbocycles. The van der Waals surface area contributed by atoms with E-state index in [9.17, 15) is 14.4 Å². The Bertz CT molecular complexity index is 1020. The number of aliphatic hydroxyl groups is 4. The Morgan fingerprint density at radius 1 is 0.198 bits per heavy atom. The van der Waals surface area contributed by atoms with Crippen molar-refractivity contribution in [1.29, 1.82) is 0 Å². The molecule has 0 spiro atoms. The monoisotopic (exact) mass is 1160 g/mol. The molecular formula is C71H144O10. The summed E-state index contributed by atoms with van der Waals surface area (Å²) >= 11 is 0. The van der Waals surface area contributed by atoms with Gasteiger partial charge in [0.05, 0.1) is 31.8 Å². The number of unbranched alkanes of at least 4 members (excludes halogenated alkanes) is 54. The molecule has 0 aliphatic heterocycles. The van der Waals surface area contributed by atoms with Gasteiger partial charge < -0.3 is 35.7 Å². The largest absolute Gasteiger partial charge is 0.481 e. The third kappa shape index (κ3) is 84.8. The summed E-state index contributed by atoms with van der Waals surface area (Å²) in [4.78, 5) is 31.1. The highest BCUT2D eigenvalue weighted by atomic mass is 16.4. The van der Waals surface area contributed by atoms with Crippen molar-refractivity contribution in [2.45, 2.75) is 406 Å². The fourth-order valence-electron chi connectivity index (χ4n) is 10.4. The van der Waals surface area contributed by atoms with Gasteiger partial charge >= 0.3 is 17.9 Å². The molecule has 0 atom stereocenters. The quantitative estimate of drug-likeness (QED) is 0.0288. The molecule has 10 nitrogen and oxygen atoms in total. The third-order valence-corrected chi connectivity index (χ3v) is 16.3. The van der Waals surface area contributed by atoms with Crippen molar-refractivity contribution < 1.29 is 50.1 Å². The Kier molecular flexibility index (Phi) is 82.8. The summed E-state index contributed by atoms with van der Waals surface area (Å²) in [6.07, 6.45) is 78.3. The van der Waals surface area contributed by atoms with Crippen LogP contribution in [-0.2, 0) is 14.4 Å². The van der Waals surface area contributed by atoms with E-state index >= 15 is 0 Å². The minimum Gasteiger partial charge on any atom is -0.481 e. The molecule has 0 heterocycles. The van der Waals surface area contributed by atoms with Crippen LogP contribution >= 0.6 is 0 Å². The molecule has 0 rings (SSSR count). The van der Waals surface area contributed by atoms with Gasteiger partial charge in [-0.2, -0.15) is 0 Å². The second-order valence-electron chi connectivity index (χ2n) is 24.7. The topological polar surface area (TPSA) is 193 Å². The highest BCUT2D eigenvalue weighted by Gasteiger charge is 2.26. The number of aliphatic hydroxyl groups excluding tert-OH is 4. The van der Waals surface area contributed by atoms with Crippen LogP contribution in [0.15, 0.2) is 0 Å². The van der Waals surface area contributed by atoms with Gasteiger partial charge in [0.2, 0.25) is 0 Å². The van der Waals surface area contributed by atoms with Crippen molar-refractivity contribution in [1.82, 2.24) is 0 Å². The Labute approximate surface area is 503 Å².